The van der Waals surface area contributed by atoms with Crippen LogP contribution in [0.1, 0.15) is 73.6 Å². The van der Waals surface area contributed by atoms with Gasteiger partial charge in [0.15, 0.2) is 0 Å². The fourth-order valence-corrected chi connectivity index (χ4v) is 6.17. The van der Waals surface area contributed by atoms with Crippen molar-refractivity contribution in [2.45, 2.75) is 76.3 Å². The number of rotatable bonds is 8. The highest BCUT2D eigenvalue weighted by Gasteiger charge is 2.47. The van der Waals surface area contributed by atoms with Gasteiger partial charge in [-0.1, -0.05) is 12.1 Å². The number of likely N-dealkylation sites (tertiary alicyclic amines) is 1. The minimum absolute atomic E-state index is 0.0348. The molecule has 0 aromatic heterocycles. The predicted molar refractivity (Wildman–Crippen MR) is 140 cm³/mol. The zero-order chi connectivity index (χ0) is 30.7. The Morgan fingerprint density at radius 1 is 0.952 bits per heavy atom. The summed E-state index contributed by atoms with van der Waals surface area (Å²) in [5.74, 6) is -1.02. The number of hydrogen-bond acceptors (Lipinski definition) is 4. The Labute approximate surface area is 239 Å². The molecule has 2 aromatic carbocycles. The van der Waals surface area contributed by atoms with Gasteiger partial charge in [0.25, 0.3) is 0 Å². The molecule has 0 radical (unpaired) electrons. The van der Waals surface area contributed by atoms with Gasteiger partial charge in [-0.05, 0) is 99.0 Å². The average Bonchev–Trinajstić information content (AvgIpc) is 3.36. The molecule has 2 aliphatic rings. The molecule has 230 valence electrons. The van der Waals surface area contributed by atoms with Crippen LogP contribution in [0.15, 0.2) is 42.5 Å². The Kier molecular flexibility index (Phi) is 9.54. The number of carbonyl (C=O) groups is 2. The van der Waals surface area contributed by atoms with E-state index in [1.807, 2.05) is 0 Å². The zero-order valence-corrected chi connectivity index (χ0v) is 23.1. The summed E-state index contributed by atoms with van der Waals surface area (Å²) in [5, 5.41) is 2.57. The molecule has 1 saturated carbocycles. The van der Waals surface area contributed by atoms with Crippen LogP contribution in [0.25, 0.3) is 0 Å². The summed E-state index contributed by atoms with van der Waals surface area (Å²) in [5.41, 5.74) is -3.14. The Morgan fingerprint density at radius 3 is 2.10 bits per heavy atom. The van der Waals surface area contributed by atoms with Crippen LogP contribution in [0.5, 0.6) is 0 Å². The third-order valence-corrected chi connectivity index (χ3v) is 8.44. The topological polar surface area (TPSA) is 58.6 Å². The number of halogens is 7. The van der Waals surface area contributed by atoms with E-state index >= 15 is 0 Å². The van der Waals surface area contributed by atoms with E-state index in [1.165, 1.54) is 19.1 Å². The Morgan fingerprint density at radius 2 is 1.55 bits per heavy atom. The maximum Gasteiger partial charge on any atom is 0.416 e. The van der Waals surface area contributed by atoms with Crippen LogP contribution < -0.4 is 5.32 Å². The van der Waals surface area contributed by atoms with Crippen molar-refractivity contribution in [1.29, 1.82) is 0 Å². The number of carbonyl (C=O) groups excluding carboxylic acids is 2. The number of nitrogens with zero attached hydrogens (tertiary/aromatic N) is 1. The van der Waals surface area contributed by atoms with Crippen molar-refractivity contribution < 1.29 is 45.1 Å². The van der Waals surface area contributed by atoms with Gasteiger partial charge in [0.2, 0.25) is 5.91 Å². The van der Waals surface area contributed by atoms with Crippen LogP contribution in [-0.2, 0) is 33.2 Å². The number of benzene rings is 2. The third-order valence-electron chi connectivity index (χ3n) is 8.44. The van der Waals surface area contributed by atoms with Crippen molar-refractivity contribution in [3.8, 4) is 0 Å². The molecule has 2 fully saturated rings. The highest BCUT2D eigenvalue weighted by Crippen LogP contribution is 2.45. The SMILES string of the molecule is CC(=O)OCCC1(C(=O)NCc2cc(C(F)(F)F)cc(C(F)(F)F)c2)CCC(N2CCC(c3ccc(F)cc3)CC2)C1. The molecule has 1 aliphatic heterocycles. The molecule has 1 heterocycles. The van der Waals surface area contributed by atoms with E-state index in [0.717, 1.165) is 31.5 Å². The average molecular weight is 603 g/mol. The van der Waals surface area contributed by atoms with E-state index < -0.39 is 47.3 Å². The summed E-state index contributed by atoms with van der Waals surface area (Å²) >= 11 is 0. The van der Waals surface area contributed by atoms with Gasteiger partial charge < -0.3 is 15.0 Å². The number of hydrogen-bond donors (Lipinski definition) is 1. The lowest BCUT2D eigenvalue weighted by molar-refractivity contribution is -0.144. The number of ether oxygens (including phenoxy) is 1. The fraction of sp³-hybridized carbons (Fsp3) is 0.533. The second-order valence-electron chi connectivity index (χ2n) is 11.2. The van der Waals surface area contributed by atoms with Gasteiger partial charge in [-0.25, -0.2) is 4.39 Å². The van der Waals surface area contributed by atoms with Crippen LogP contribution in [0.3, 0.4) is 0 Å². The fourth-order valence-electron chi connectivity index (χ4n) is 6.17. The van der Waals surface area contributed by atoms with Crippen molar-refractivity contribution in [3.63, 3.8) is 0 Å². The summed E-state index contributed by atoms with van der Waals surface area (Å²) in [7, 11) is 0. The number of nitrogens with one attached hydrogen (secondary N) is 1. The first kappa shape index (κ1) is 31.8. The van der Waals surface area contributed by atoms with Crippen molar-refractivity contribution in [1.82, 2.24) is 10.2 Å². The van der Waals surface area contributed by atoms with Crippen LogP contribution in [-0.4, -0.2) is 42.5 Å². The molecule has 2 unspecified atom stereocenters. The van der Waals surface area contributed by atoms with Crippen molar-refractivity contribution in [3.05, 3.63) is 70.5 Å². The summed E-state index contributed by atoms with van der Waals surface area (Å²) in [6, 6.07) is 7.75. The minimum atomic E-state index is -4.99. The van der Waals surface area contributed by atoms with Crippen molar-refractivity contribution >= 4 is 11.9 Å². The summed E-state index contributed by atoms with van der Waals surface area (Å²) in [6.45, 7) is 2.21. The first-order chi connectivity index (χ1) is 19.7. The van der Waals surface area contributed by atoms with E-state index in [9.17, 15) is 40.3 Å². The normalized spacial score (nSPS) is 22.2. The zero-order valence-electron chi connectivity index (χ0n) is 23.1. The quantitative estimate of drug-likeness (QED) is 0.265. The largest absolute Gasteiger partial charge is 0.466 e. The van der Waals surface area contributed by atoms with Gasteiger partial charge >= 0.3 is 18.3 Å². The smallest absolute Gasteiger partial charge is 0.416 e. The number of alkyl halides is 6. The van der Waals surface area contributed by atoms with E-state index in [0.29, 0.717) is 31.4 Å². The van der Waals surface area contributed by atoms with Crippen LogP contribution >= 0.6 is 0 Å². The van der Waals surface area contributed by atoms with Gasteiger partial charge in [0, 0.05) is 19.5 Å². The first-order valence-electron chi connectivity index (χ1n) is 13.9. The molecule has 1 N–H and O–H groups in total. The Bertz CT molecular complexity index is 1220. The molecule has 5 nitrogen and oxygen atoms in total. The minimum Gasteiger partial charge on any atom is -0.466 e. The molecule has 42 heavy (non-hydrogen) atoms. The number of piperidine rings is 1. The molecular formula is C30H33F7N2O3. The van der Waals surface area contributed by atoms with Gasteiger partial charge in [-0.3, -0.25) is 9.59 Å². The molecular weight excluding hydrogens is 569 g/mol. The van der Waals surface area contributed by atoms with Gasteiger partial charge in [-0.2, -0.15) is 26.3 Å². The number of amides is 1. The molecule has 2 atom stereocenters. The lowest BCUT2D eigenvalue weighted by atomic mass is 9.81. The van der Waals surface area contributed by atoms with Gasteiger partial charge in [-0.15, -0.1) is 0 Å². The molecule has 0 spiro atoms. The lowest BCUT2D eigenvalue weighted by Gasteiger charge is -2.37. The highest BCUT2D eigenvalue weighted by atomic mass is 19.4. The predicted octanol–water partition coefficient (Wildman–Crippen LogP) is 6.85. The van der Waals surface area contributed by atoms with Crippen LogP contribution in [0, 0.1) is 11.2 Å². The number of esters is 1. The van der Waals surface area contributed by atoms with Crippen molar-refractivity contribution in [2.24, 2.45) is 5.41 Å². The molecule has 0 bridgehead atoms. The van der Waals surface area contributed by atoms with Crippen molar-refractivity contribution in [2.75, 3.05) is 19.7 Å². The van der Waals surface area contributed by atoms with E-state index in [4.69, 9.17) is 4.74 Å². The standard InChI is InChI=1S/C30H33F7N2O3/c1-19(40)42-13-10-28(27(41)38-18-20-14-23(29(32,33)34)16-24(15-20)30(35,36)37)9-6-26(17-28)39-11-7-22(8-12-39)21-2-4-25(31)5-3-21/h2-5,14-16,22,26H,6-13,17-18H2,1H3,(H,38,41). The lowest BCUT2D eigenvalue weighted by Crippen LogP contribution is -2.44. The second kappa shape index (κ2) is 12.6. The molecule has 12 heteroatoms. The first-order valence-corrected chi connectivity index (χ1v) is 13.9. The monoisotopic (exact) mass is 602 g/mol. The maximum atomic E-state index is 13.5. The van der Waals surface area contributed by atoms with Crippen LogP contribution in [0.2, 0.25) is 0 Å². The van der Waals surface area contributed by atoms with E-state index in [-0.39, 0.29) is 42.4 Å². The van der Waals surface area contributed by atoms with Gasteiger partial charge in [0.05, 0.1) is 23.1 Å². The molecule has 1 aliphatic carbocycles. The highest BCUT2D eigenvalue weighted by molar-refractivity contribution is 5.83. The molecule has 1 amide bonds. The third kappa shape index (κ3) is 7.81. The maximum absolute atomic E-state index is 13.5. The second-order valence-corrected chi connectivity index (χ2v) is 11.2. The van der Waals surface area contributed by atoms with E-state index in [2.05, 4.69) is 10.2 Å². The van der Waals surface area contributed by atoms with Gasteiger partial charge in [0.1, 0.15) is 5.82 Å². The molecule has 4 rings (SSSR count). The molecule has 2 aromatic rings. The van der Waals surface area contributed by atoms with Crippen LogP contribution in [0.4, 0.5) is 30.7 Å². The summed E-state index contributed by atoms with van der Waals surface area (Å²) < 4.78 is 98.1. The summed E-state index contributed by atoms with van der Waals surface area (Å²) in [4.78, 5) is 27.2. The molecule has 1 saturated heterocycles. The Balaban J connectivity index is 1.45. The van der Waals surface area contributed by atoms with E-state index in [1.54, 1.807) is 12.1 Å². The Hall–Kier alpha value is -3.15. The summed E-state index contributed by atoms with van der Waals surface area (Å²) in [6.07, 6.45) is -6.59.